The van der Waals surface area contributed by atoms with Crippen molar-refractivity contribution < 1.29 is 4.74 Å². The highest BCUT2D eigenvalue weighted by molar-refractivity contribution is 6.29. The molecular formula is C12H17ClN2O. The third kappa shape index (κ3) is 3.09. The highest BCUT2D eigenvalue weighted by atomic mass is 35.5. The Kier molecular flexibility index (Phi) is 4.02. The van der Waals surface area contributed by atoms with Crippen molar-refractivity contribution >= 4 is 11.6 Å². The molecule has 4 heteroatoms. The number of halogens is 1. The van der Waals surface area contributed by atoms with Gasteiger partial charge in [-0.3, -0.25) is 0 Å². The number of ether oxygens (including phenoxy) is 1. The van der Waals surface area contributed by atoms with Crippen LogP contribution in [0.5, 0.6) is 5.75 Å². The molecule has 0 saturated carbocycles. The van der Waals surface area contributed by atoms with Gasteiger partial charge < -0.3 is 9.64 Å². The second-order valence-corrected chi connectivity index (χ2v) is 4.62. The Hall–Kier alpha value is -0.800. The van der Waals surface area contributed by atoms with E-state index in [1.165, 1.54) is 19.4 Å². The first-order chi connectivity index (χ1) is 7.75. The molecule has 0 N–H and O–H groups in total. The maximum absolute atomic E-state index is 5.77. The van der Waals surface area contributed by atoms with E-state index in [9.17, 15) is 0 Å². The predicted octanol–water partition coefficient (Wildman–Crippen LogP) is 2.60. The molecule has 1 saturated heterocycles. The van der Waals surface area contributed by atoms with Crippen molar-refractivity contribution in [3.8, 4) is 5.75 Å². The molecule has 0 spiro atoms. The first kappa shape index (κ1) is 11.7. The van der Waals surface area contributed by atoms with Gasteiger partial charge in [-0.2, -0.15) is 0 Å². The number of hydrogen-bond donors (Lipinski definition) is 0. The lowest BCUT2D eigenvalue weighted by Gasteiger charge is -2.19. The number of likely N-dealkylation sites (tertiary alicyclic amines) is 1. The van der Waals surface area contributed by atoms with Crippen LogP contribution in [0.4, 0.5) is 0 Å². The van der Waals surface area contributed by atoms with E-state index in [0.717, 1.165) is 18.8 Å². The molecule has 0 aliphatic carbocycles. The van der Waals surface area contributed by atoms with Gasteiger partial charge in [-0.05, 0) is 38.9 Å². The maximum Gasteiger partial charge on any atom is 0.132 e. The van der Waals surface area contributed by atoms with E-state index in [2.05, 4.69) is 16.9 Å². The Morgan fingerprint density at radius 2 is 2.50 bits per heavy atom. The molecule has 2 heterocycles. The van der Waals surface area contributed by atoms with Crippen molar-refractivity contribution in [2.45, 2.75) is 25.3 Å². The van der Waals surface area contributed by atoms with Gasteiger partial charge in [0.25, 0.3) is 0 Å². The summed E-state index contributed by atoms with van der Waals surface area (Å²) in [6.07, 6.45) is 5.34. The predicted molar refractivity (Wildman–Crippen MR) is 65.0 cm³/mol. The lowest BCUT2D eigenvalue weighted by molar-refractivity contribution is 0.233. The van der Waals surface area contributed by atoms with Crippen LogP contribution in [0.1, 0.15) is 19.3 Å². The van der Waals surface area contributed by atoms with Gasteiger partial charge in [-0.25, -0.2) is 4.98 Å². The van der Waals surface area contributed by atoms with E-state index < -0.39 is 0 Å². The lowest BCUT2D eigenvalue weighted by Crippen LogP contribution is -2.26. The Bertz CT molecular complexity index is 346. The normalized spacial score (nSPS) is 21.2. The van der Waals surface area contributed by atoms with Gasteiger partial charge in [0, 0.05) is 18.3 Å². The lowest BCUT2D eigenvalue weighted by atomic mass is 10.1. The average molecular weight is 241 g/mol. The van der Waals surface area contributed by atoms with E-state index in [1.54, 1.807) is 12.3 Å². The zero-order valence-electron chi connectivity index (χ0n) is 9.53. The standard InChI is InChI=1S/C12H17ClN2O/c1-15-7-2-3-10(15)5-8-16-11-4-6-14-12(13)9-11/h4,6,9-10H,2-3,5,7-8H2,1H3. The van der Waals surface area contributed by atoms with Gasteiger partial charge in [0.1, 0.15) is 10.9 Å². The molecule has 0 aromatic carbocycles. The summed E-state index contributed by atoms with van der Waals surface area (Å²) in [4.78, 5) is 6.32. The molecular weight excluding hydrogens is 224 g/mol. The second-order valence-electron chi connectivity index (χ2n) is 4.23. The summed E-state index contributed by atoms with van der Waals surface area (Å²) in [7, 11) is 2.18. The van der Waals surface area contributed by atoms with Gasteiger partial charge in [0.05, 0.1) is 6.61 Å². The Balaban J connectivity index is 1.75. The van der Waals surface area contributed by atoms with Crippen molar-refractivity contribution in [2.75, 3.05) is 20.2 Å². The molecule has 1 aromatic heterocycles. The summed E-state index contributed by atoms with van der Waals surface area (Å²) in [6, 6.07) is 4.27. The van der Waals surface area contributed by atoms with Gasteiger partial charge >= 0.3 is 0 Å². The molecule has 1 aromatic rings. The fourth-order valence-electron chi connectivity index (χ4n) is 2.13. The van der Waals surface area contributed by atoms with E-state index >= 15 is 0 Å². The molecule has 1 aliphatic heterocycles. The number of rotatable bonds is 4. The summed E-state index contributed by atoms with van der Waals surface area (Å²) in [5.74, 6) is 0.806. The summed E-state index contributed by atoms with van der Waals surface area (Å²) in [5.41, 5.74) is 0. The summed E-state index contributed by atoms with van der Waals surface area (Å²) in [6.45, 7) is 1.96. The molecule has 0 amide bonds. The summed E-state index contributed by atoms with van der Waals surface area (Å²) < 4.78 is 5.65. The van der Waals surface area contributed by atoms with Gasteiger partial charge in [-0.1, -0.05) is 11.6 Å². The molecule has 0 radical (unpaired) electrons. The fraction of sp³-hybridized carbons (Fsp3) is 0.583. The van der Waals surface area contributed by atoms with Crippen molar-refractivity contribution in [1.82, 2.24) is 9.88 Å². The number of hydrogen-bond acceptors (Lipinski definition) is 3. The van der Waals surface area contributed by atoms with Crippen LogP contribution in [0.15, 0.2) is 18.3 Å². The SMILES string of the molecule is CN1CCCC1CCOc1ccnc(Cl)c1. The Morgan fingerprint density at radius 3 is 3.19 bits per heavy atom. The van der Waals surface area contributed by atoms with Gasteiger partial charge in [0.2, 0.25) is 0 Å². The third-order valence-corrected chi connectivity index (χ3v) is 3.30. The van der Waals surface area contributed by atoms with Crippen LogP contribution in [0.25, 0.3) is 0 Å². The number of pyridine rings is 1. The Labute approximate surface area is 101 Å². The van der Waals surface area contributed by atoms with Crippen molar-refractivity contribution in [3.05, 3.63) is 23.5 Å². The maximum atomic E-state index is 5.77. The van der Waals surface area contributed by atoms with Crippen molar-refractivity contribution in [2.24, 2.45) is 0 Å². The zero-order chi connectivity index (χ0) is 11.4. The molecule has 88 valence electrons. The van der Waals surface area contributed by atoms with E-state index in [4.69, 9.17) is 16.3 Å². The molecule has 1 atom stereocenters. The highest BCUT2D eigenvalue weighted by Crippen LogP contribution is 2.19. The molecule has 3 nitrogen and oxygen atoms in total. The minimum atomic E-state index is 0.482. The number of aromatic nitrogens is 1. The molecule has 0 bridgehead atoms. The first-order valence-corrected chi connectivity index (χ1v) is 6.08. The van der Waals surface area contributed by atoms with Crippen LogP contribution in [0, 0.1) is 0 Å². The molecule has 1 unspecified atom stereocenters. The minimum absolute atomic E-state index is 0.482. The van der Waals surface area contributed by atoms with Crippen LogP contribution >= 0.6 is 11.6 Å². The van der Waals surface area contributed by atoms with Crippen molar-refractivity contribution in [1.29, 1.82) is 0 Å². The van der Waals surface area contributed by atoms with Crippen LogP contribution in [0.3, 0.4) is 0 Å². The monoisotopic (exact) mass is 240 g/mol. The van der Waals surface area contributed by atoms with E-state index in [-0.39, 0.29) is 0 Å². The highest BCUT2D eigenvalue weighted by Gasteiger charge is 2.20. The second kappa shape index (κ2) is 5.51. The molecule has 2 rings (SSSR count). The molecule has 1 aliphatic rings. The molecule has 16 heavy (non-hydrogen) atoms. The van der Waals surface area contributed by atoms with Gasteiger partial charge in [-0.15, -0.1) is 0 Å². The number of nitrogens with zero attached hydrogens (tertiary/aromatic N) is 2. The zero-order valence-corrected chi connectivity index (χ0v) is 10.3. The van der Waals surface area contributed by atoms with Crippen molar-refractivity contribution in [3.63, 3.8) is 0 Å². The van der Waals surface area contributed by atoms with Crippen LogP contribution < -0.4 is 4.74 Å². The minimum Gasteiger partial charge on any atom is -0.493 e. The van der Waals surface area contributed by atoms with Crippen LogP contribution in [0.2, 0.25) is 5.15 Å². The summed E-state index contributed by atoms with van der Waals surface area (Å²) in [5, 5.41) is 0.482. The van der Waals surface area contributed by atoms with E-state index in [1.807, 2.05) is 6.07 Å². The van der Waals surface area contributed by atoms with Crippen LogP contribution in [-0.2, 0) is 0 Å². The Morgan fingerprint density at radius 1 is 1.62 bits per heavy atom. The van der Waals surface area contributed by atoms with E-state index in [0.29, 0.717) is 11.2 Å². The molecule has 1 fully saturated rings. The third-order valence-electron chi connectivity index (χ3n) is 3.09. The quantitative estimate of drug-likeness (QED) is 0.757. The summed E-state index contributed by atoms with van der Waals surface area (Å²) >= 11 is 5.77. The average Bonchev–Trinajstić information content (AvgIpc) is 2.65. The first-order valence-electron chi connectivity index (χ1n) is 5.70. The topological polar surface area (TPSA) is 25.4 Å². The van der Waals surface area contributed by atoms with Gasteiger partial charge in [0.15, 0.2) is 0 Å². The largest absolute Gasteiger partial charge is 0.493 e. The smallest absolute Gasteiger partial charge is 0.132 e. The fourth-order valence-corrected chi connectivity index (χ4v) is 2.30. The van der Waals surface area contributed by atoms with Crippen LogP contribution in [-0.4, -0.2) is 36.1 Å².